The number of H-pyrrole nitrogens is 1. The van der Waals surface area contributed by atoms with Crippen molar-refractivity contribution in [3.8, 4) is 11.3 Å². The van der Waals surface area contributed by atoms with Crippen LogP contribution in [0, 0.1) is 0 Å². The average Bonchev–Trinajstić information content (AvgIpc) is 3.63. The Morgan fingerprint density at radius 2 is 2.05 bits per heavy atom. The third kappa shape index (κ3) is 4.34. The van der Waals surface area contributed by atoms with Crippen molar-refractivity contribution >= 4 is 38.7 Å². The lowest BCUT2D eigenvalue weighted by Gasteiger charge is -2.37. The number of para-hydroxylation sites is 2. The molecule has 1 aliphatic carbocycles. The summed E-state index contributed by atoms with van der Waals surface area (Å²) in [6.45, 7) is 0.450. The molecule has 1 fully saturated rings. The number of hydrogen-bond acceptors (Lipinski definition) is 5. The van der Waals surface area contributed by atoms with Gasteiger partial charge in [-0.2, -0.15) is 10.2 Å². The van der Waals surface area contributed by atoms with Gasteiger partial charge in [0.2, 0.25) is 0 Å². The van der Waals surface area contributed by atoms with Gasteiger partial charge in [0.25, 0.3) is 5.91 Å². The molecule has 3 aromatic heterocycles. The van der Waals surface area contributed by atoms with E-state index >= 15 is 0 Å². The van der Waals surface area contributed by atoms with E-state index in [2.05, 4.69) is 31.7 Å². The number of nitrogens with one attached hydrogen (secondary N) is 2. The fourth-order valence-electron chi connectivity index (χ4n) is 6.00. The van der Waals surface area contributed by atoms with Crippen molar-refractivity contribution in [2.45, 2.75) is 43.9 Å². The van der Waals surface area contributed by atoms with Crippen LogP contribution < -0.4 is 5.32 Å². The first-order valence-electron chi connectivity index (χ1n) is 13.3. The van der Waals surface area contributed by atoms with Crippen molar-refractivity contribution in [1.29, 1.82) is 0 Å². The van der Waals surface area contributed by atoms with Crippen LogP contribution in [0.2, 0.25) is 0 Å². The minimum atomic E-state index is -0.910. The zero-order valence-electron chi connectivity index (χ0n) is 21.6. The maximum absolute atomic E-state index is 13.4. The molecule has 6 aromatic rings. The van der Waals surface area contributed by atoms with Crippen LogP contribution in [0.25, 0.3) is 44.1 Å². The van der Waals surface area contributed by atoms with Crippen molar-refractivity contribution in [3.05, 3.63) is 78.8 Å². The van der Waals surface area contributed by atoms with E-state index < -0.39 is 5.60 Å². The number of amides is 1. The summed E-state index contributed by atoms with van der Waals surface area (Å²) < 4.78 is 3.81. The molecule has 0 bridgehead atoms. The number of aromatic amines is 1. The number of benzene rings is 3. The summed E-state index contributed by atoms with van der Waals surface area (Å²) in [6, 6.07) is 19.5. The second-order valence-corrected chi connectivity index (χ2v) is 10.8. The van der Waals surface area contributed by atoms with Gasteiger partial charge in [0.15, 0.2) is 0 Å². The number of carbonyl (C=O) groups is 1. The number of rotatable bonds is 5. The molecule has 7 rings (SSSR count). The maximum Gasteiger partial charge on any atom is 0.251 e. The van der Waals surface area contributed by atoms with Gasteiger partial charge in [-0.25, -0.2) is 4.98 Å². The molecular weight excluding hydrogens is 490 g/mol. The van der Waals surface area contributed by atoms with E-state index in [1.165, 1.54) is 0 Å². The standard InChI is InChI=1S/C30H29N7O2/c1-36-16-21-13-19(8-10-24(21)35-36)28-23-14-20(9-11-25(23)33-34-28)29(38)32-22-5-4-12-30(39,15-22)17-37-18-31-26-6-2-3-7-27(26)37/h2-3,6-11,13-14,16,18,22,39H,4-5,12,15,17H2,1H3,(H,32,38)(H,33,34)/t22-,30?/m1/s1. The van der Waals surface area contributed by atoms with Crippen LogP contribution in [0.5, 0.6) is 0 Å². The predicted molar refractivity (Wildman–Crippen MR) is 150 cm³/mol. The van der Waals surface area contributed by atoms with Crippen molar-refractivity contribution in [2.75, 3.05) is 0 Å². The van der Waals surface area contributed by atoms with Crippen molar-refractivity contribution < 1.29 is 9.90 Å². The fraction of sp³-hybridized carbons (Fsp3) is 0.267. The highest BCUT2D eigenvalue weighted by atomic mass is 16.3. The maximum atomic E-state index is 13.4. The summed E-state index contributed by atoms with van der Waals surface area (Å²) in [7, 11) is 1.90. The van der Waals surface area contributed by atoms with E-state index in [0.29, 0.717) is 24.9 Å². The van der Waals surface area contributed by atoms with E-state index in [0.717, 1.165) is 56.9 Å². The van der Waals surface area contributed by atoms with E-state index in [1.807, 2.05) is 72.4 Å². The molecule has 1 aliphatic rings. The second-order valence-electron chi connectivity index (χ2n) is 10.8. The molecule has 9 heteroatoms. The van der Waals surface area contributed by atoms with Gasteiger partial charge in [-0.15, -0.1) is 0 Å². The van der Waals surface area contributed by atoms with Gasteiger partial charge in [-0.1, -0.05) is 18.2 Å². The molecule has 3 heterocycles. The number of nitrogens with zero attached hydrogens (tertiary/aromatic N) is 5. The topological polar surface area (TPSA) is 114 Å². The molecule has 9 nitrogen and oxygen atoms in total. The number of aromatic nitrogens is 6. The van der Waals surface area contributed by atoms with E-state index in [-0.39, 0.29) is 11.9 Å². The summed E-state index contributed by atoms with van der Waals surface area (Å²) in [4.78, 5) is 17.8. The highest BCUT2D eigenvalue weighted by Crippen LogP contribution is 2.32. The van der Waals surface area contributed by atoms with Crippen LogP contribution >= 0.6 is 0 Å². The number of hydrogen-bond donors (Lipinski definition) is 3. The molecule has 0 saturated heterocycles. The van der Waals surface area contributed by atoms with Crippen LogP contribution in [-0.2, 0) is 13.6 Å². The molecular formula is C30H29N7O2. The molecule has 1 saturated carbocycles. The van der Waals surface area contributed by atoms with Crippen molar-refractivity contribution in [1.82, 2.24) is 34.8 Å². The molecule has 3 aromatic carbocycles. The summed E-state index contributed by atoms with van der Waals surface area (Å²) >= 11 is 0. The Balaban J connectivity index is 1.10. The first-order valence-corrected chi connectivity index (χ1v) is 13.3. The minimum absolute atomic E-state index is 0.112. The highest BCUT2D eigenvalue weighted by Gasteiger charge is 2.35. The number of imidazole rings is 1. The summed E-state index contributed by atoms with van der Waals surface area (Å²) in [6.07, 6.45) is 6.63. The normalized spacial score (nSPS) is 19.7. The highest BCUT2D eigenvalue weighted by molar-refractivity contribution is 6.02. The first-order chi connectivity index (χ1) is 18.9. The molecule has 0 radical (unpaired) electrons. The van der Waals surface area contributed by atoms with Crippen LogP contribution in [0.3, 0.4) is 0 Å². The lowest BCUT2D eigenvalue weighted by atomic mass is 9.81. The zero-order valence-corrected chi connectivity index (χ0v) is 21.6. The summed E-state index contributed by atoms with van der Waals surface area (Å²) in [5.41, 5.74) is 5.13. The van der Waals surface area contributed by atoms with Gasteiger partial charge in [0.1, 0.15) is 0 Å². The Hall–Kier alpha value is -4.50. The minimum Gasteiger partial charge on any atom is -0.388 e. The van der Waals surface area contributed by atoms with E-state index in [1.54, 1.807) is 11.0 Å². The van der Waals surface area contributed by atoms with Gasteiger partial charge in [0.05, 0.1) is 46.2 Å². The van der Waals surface area contributed by atoms with Gasteiger partial charge in [-0.3, -0.25) is 14.6 Å². The molecule has 2 atom stereocenters. The number of aryl methyl sites for hydroxylation is 1. The Morgan fingerprint density at radius 3 is 2.97 bits per heavy atom. The molecule has 0 spiro atoms. The number of aliphatic hydroxyl groups is 1. The van der Waals surface area contributed by atoms with Crippen LogP contribution in [0.4, 0.5) is 0 Å². The summed E-state index contributed by atoms with van der Waals surface area (Å²) in [5, 5.41) is 28.7. The second kappa shape index (κ2) is 9.06. The molecule has 1 amide bonds. The number of carbonyl (C=O) groups excluding carboxylic acids is 1. The first kappa shape index (κ1) is 23.6. The third-order valence-corrected chi connectivity index (χ3v) is 7.87. The average molecular weight is 520 g/mol. The smallest absolute Gasteiger partial charge is 0.251 e. The molecule has 196 valence electrons. The Labute approximate surface area is 224 Å². The molecule has 3 N–H and O–H groups in total. The monoisotopic (exact) mass is 519 g/mol. The lowest BCUT2D eigenvalue weighted by Crippen LogP contribution is -2.47. The summed E-state index contributed by atoms with van der Waals surface area (Å²) in [5.74, 6) is -0.144. The SMILES string of the molecule is Cn1cc2cc(-c3n[nH]c4ccc(C(=O)N[C@@H]5CCCC(O)(Cn6cnc7ccccc76)C5)cc34)ccc2n1. The van der Waals surface area contributed by atoms with Gasteiger partial charge in [-0.05, 0) is 68.1 Å². The van der Waals surface area contributed by atoms with Gasteiger partial charge >= 0.3 is 0 Å². The van der Waals surface area contributed by atoms with Crippen molar-refractivity contribution in [2.24, 2.45) is 7.05 Å². The Kier molecular flexibility index (Phi) is 5.48. The Morgan fingerprint density at radius 1 is 1.15 bits per heavy atom. The zero-order chi connectivity index (χ0) is 26.6. The van der Waals surface area contributed by atoms with E-state index in [4.69, 9.17) is 0 Å². The largest absolute Gasteiger partial charge is 0.388 e. The molecule has 0 aliphatic heterocycles. The number of fused-ring (bicyclic) bond motifs is 3. The quantitative estimate of drug-likeness (QED) is 0.309. The molecule has 1 unspecified atom stereocenters. The van der Waals surface area contributed by atoms with Gasteiger partial charge in [0, 0.05) is 41.2 Å². The predicted octanol–water partition coefficient (Wildman–Crippen LogP) is 4.57. The van der Waals surface area contributed by atoms with Crippen LogP contribution in [0.1, 0.15) is 36.0 Å². The van der Waals surface area contributed by atoms with E-state index in [9.17, 15) is 9.90 Å². The lowest BCUT2D eigenvalue weighted by molar-refractivity contribution is -0.0203. The third-order valence-electron chi connectivity index (χ3n) is 7.87. The molecule has 39 heavy (non-hydrogen) atoms. The Bertz CT molecular complexity index is 1850. The van der Waals surface area contributed by atoms with Crippen molar-refractivity contribution in [3.63, 3.8) is 0 Å². The fourth-order valence-corrected chi connectivity index (χ4v) is 6.00. The van der Waals surface area contributed by atoms with Gasteiger partial charge < -0.3 is 15.0 Å². The van der Waals surface area contributed by atoms with Crippen LogP contribution in [-0.4, -0.2) is 52.2 Å². The van der Waals surface area contributed by atoms with Crippen LogP contribution in [0.15, 0.2) is 73.2 Å².